The summed E-state index contributed by atoms with van der Waals surface area (Å²) in [5.41, 5.74) is 8.05. The first-order valence-electron chi connectivity index (χ1n) is 11.8. The lowest BCUT2D eigenvalue weighted by Crippen LogP contribution is -2.36. The topological polar surface area (TPSA) is 7.76 Å². The predicted octanol–water partition coefficient (Wildman–Crippen LogP) is 5.81. The molecule has 0 fully saturated rings. The lowest BCUT2D eigenvalue weighted by Gasteiger charge is -2.06. The van der Waals surface area contributed by atoms with Gasteiger partial charge in [0.15, 0.2) is 23.8 Å². The van der Waals surface area contributed by atoms with E-state index in [-0.39, 0.29) is 0 Å². The van der Waals surface area contributed by atoms with E-state index in [1.54, 1.807) is 0 Å². The molecule has 0 aliphatic rings. The highest BCUT2D eigenvalue weighted by Gasteiger charge is 2.06. The van der Waals surface area contributed by atoms with Gasteiger partial charge in [-0.3, -0.25) is 0 Å². The van der Waals surface area contributed by atoms with Crippen LogP contribution in [0.2, 0.25) is 0 Å². The van der Waals surface area contributed by atoms with E-state index in [1.807, 2.05) is 0 Å². The fourth-order valence-electron chi connectivity index (χ4n) is 4.26. The number of hydrogen-bond acceptors (Lipinski definition) is 0. The van der Waals surface area contributed by atoms with Crippen molar-refractivity contribution in [3.05, 3.63) is 120 Å². The van der Waals surface area contributed by atoms with E-state index >= 15 is 0 Å². The third kappa shape index (κ3) is 5.91. The van der Waals surface area contributed by atoms with Gasteiger partial charge in [-0.15, -0.1) is 0 Å². The molecule has 4 rings (SSSR count). The Morgan fingerprint density at radius 1 is 0.500 bits per heavy atom. The van der Waals surface area contributed by atoms with Gasteiger partial charge in [0, 0.05) is 51.0 Å². The van der Waals surface area contributed by atoms with E-state index < -0.39 is 0 Å². The van der Waals surface area contributed by atoms with Crippen LogP contribution in [-0.4, -0.2) is 0 Å². The molecule has 0 aliphatic heterocycles. The minimum atomic E-state index is 1.07. The summed E-state index contributed by atoms with van der Waals surface area (Å²) in [5.74, 6) is 0. The maximum atomic E-state index is 2.33. The Hall–Kier alpha value is -3.26. The summed E-state index contributed by atoms with van der Waals surface area (Å²) in [6.45, 7) is 6.48. The summed E-state index contributed by atoms with van der Waals surface area (Å²) >= 11 is 0. The van der Waals surface area contributed by atoms with Crippen molar-refractivity contribution in [1.82, 2.24) is 0 Å². The molecular weight excluding hydrogens is 388 g/mol. The Morgan fingerprint density at radius 2 is 0.906 bits per heavy atom. The van der Waals surface area contributed by atoms with Crippen LogP contribution in [0.4, 0.5) is 0 Å². The van der Waals surface area contributed by atoms with Crippen molar-refractivity contribution in [1.29, 1.82) is 0 Å². The highest BCUT2D eigenvalue weighted by Crippen LogP contribution is 2.21. The zero-order chi connectivity index (χ0) is 22.2. The van der Waals surface area contributed by atoms with Gasteiger partial charge >= 0.3 is 0 Å². The standard InChI is InChI=1S/C30H34N2/c1-25-9-3-5-21-31(25)23-7-11-27-13-17-29(18-14-27)30-19-15-28(16-20-30)12-8-24-32-22-6-4-10-26(32)2/h3-6,9-10,13-22H,7-8,11-12,23-24H2,1-2H3/q+2. The molecule has 4 aromatic rings. The monoisotopic (exact) mass is 422 g/mol. The lowest BCUT2D eigenvalue weighted by molar-refractivity contribution is -0.703. The highest BCUT2D eigenvalue weighted by atomic mass is 14.9. The molecule has 162 valence electrons. The van der Waals surface area contributed by atoms with Crippen LogP contribution in [0.1, 0.15) is 35.4 Å². The van der Waals surface area contributed by atoms with E-state index in [4.69, 9.17) is 0 Å². The first kappa shape index (κ1) is 22.0. The average Bonchev–Trinajstić information content (AvgIpc) is 2.83. The van der Waals surface area contributed by atoms with Gasteiger partial charge in [-0.1, -0.05) is 60.7 Å². The minimum Gasteiger partial charge on any atom is -0.203 e. The summed E-state index contributed by atoms with van der Waals surface area (Å²) in [7, 11) is 0. The van der Waals surface area contributed by atoms with Crippen molar-refractivity contribution in [3.63, 3.8) is 0 Å². The van der Waals surface area contributed by atoms with Gasteiger partial charge in [0.25, 0.3) is 0 Å². The van der Waals surface area contributed by atoms with E-state index in [0.29, 0.717) is 0 Å². The Morgan fingerprint density at radius 3 is 1.28 bits per heavy atom. The summed E-state index contributed by atoms with van der Waals surface area (Å²) in [4.78, 5) is 0. The van der Waals surface area contributed by atoms with Crippen LogP contribution in [0, 0.1) is 13.8 Å². The van der Waals surface area contributed by atoms with Crippen molar-refractivity contribution in [2.45, 2.75) is 52.6 Å². The molecule has 32 heavy (non-hydrogen) atoms. The molecule has 2 heteroatoms. The number of rotatable bonds is 9. The Labute approximate surface area is 192 Å². The summed E-state index contributed by atoms with van der Waals surface area (Å²) in [6, 6.07) is 30.9. The fourth-order valence-corrected chi connectivity index (χ4v) is 4.26. The van der Waals surface area contributed by atoms with Crippen LogP contribution in [0.3, 0.4) is 0 Å². The minimum absolute atomic E-state index is 1.07. The number of aryl methyl sites for hydroxylation is 6. The molecule has 0 unspecified atom stereocenters. The molecule has 0 N–H and O–H groups in total. The fraction of sp³-hybridized carbons (Fsp3) is 0.267. The zero-order valence-electron chi connectivity index (χ0n) is 19.4. The predicted molar refractivity (Wildman–Crippen MR) is 131 cm³/mol. The van der Waals surface area contributed by atoms with Crippen molar-refractivity contribution in [2.24, 2.45) is 0 Å². The second kappa shape index (κ2) is 10.9. The van der Waals surface area contributed by atoms with Crippen molar-refractivity contribution in [3.8, 4) is 11.1 Å². The highest BCUT2D eigenvalue weighted by molar-refractivity contribution is 5.63. The zero-order valence-corrected chi connectivity index (χ0v) is 19.4. The van der Waals surface area contributed by atoms with Gasteiger partial charge in [-0.2, -0.15) is 0 Å². The van der Waals surface area contributed by atoms with Crippen molar-refractivity contribution in [2.75, 3.05) is 0 Å². The largest absolute Gasteiger partial charge is 0.203 e. The lowest BCUT2D eigenvalue weighted by atomic mass is 10.00. The first-order valence-corrected chi connectivity index (χ1v) is 11.8. The van der Waals surface area contributed by atoms with Crippen LogP contribution in [-0.2, 0) is 25.9 Å². The number of hydrogen-bond donors (Lipinski definition) is 0. The van der Waals surface area contributed by atoms with Gasteiger partial charge in [0.05, 0.1) is 0 Å². The van der Waals surface area contributed by atoms with Crippen LogP contribution >= 0.6 is 0 Å². The second-order valence-electron chi connectivity index (χ2n) is 8.67. The molecular formula is C30H34N2+2. The molecule has 0 spiro atoms. The van der Waals surface area contributed by atoms with Gasteiger partial charge in [0.2, 0.25) is 0 Å². The van der Waals surface area contributed by atoms with E-state index in [0.717, 1.165) is 38.8 Å². The number of aromatic nitrogens is 2. The van der Waals surface area contributed by atoms with Crippen LogP contribution in [0.15, 0.2) is 97.3 Å². The third-order valence-electron chi connectivity index (χ3n) is 6.31. The second-order valence-corrected chi connectivity index (χ2v) is 8.67. The molecule has 0 bridgehead atoms. The molecule has 0 aliphatic carbocycles. The normalized spacial score (nSPS) is 10.9. The van der Waals surface area contributed by atoms with E-state index in [1.165, 1.54) is 33.6 Å². The van der Waals surface area contributed by atoms with Gasteiger partial charge in [-0.05, 0) is 35.1 Å². The van der Waals surface area contributed by atoms with E-state index in [9.17, 15) is 0 Å². The van der Waals surface area contributed by atoms with Crippen LogP contribution < -0.4 is 9.13 Å². The maximum absolute atomic E-state index is 2.33. The number of nitrogens with zero attached hydrogens (tertiary/aromatic N) is 2. The molecule has 0 saturated heterocycles. The average molecular weight is 423 g/mol. The van der Waals surface area contributed by atoms with Crippen LogP contribution in [0.5, 0.6) is 0 Å². The smallest absolute Gasteiger partial charge is 0.178 e. The van der Waals surface area contributed by atoms with Gasteiger partial charge < -0.3 is 0 Å². The quantitative estimate of drug-likeness (QED) is 0.301. The SMILES string of the molecule is Cc1cccc[n+]1CCCc1ccc(-c2ccc(CCC[n+]3ccccc3C)cc2)cc1. The molecule has 2 aromatic carbocycles. The van der Waals surface area contributed by atoms with Gasteiger partial charge in [-0.25, -0.2) is 9.13 Å². The summed E-state index contributed by atoms with van der Waals surface area (Å²) in [5, 5.41) is 0. The Balaban J connectivity index is 1.27. The first-order chi connectivity index (χ1) is 15.7. The summed E-state index contributed by atoms with van der Waals surface area (Å²) < 4.78 is 4.66. The molecule has 0 amide bonds. The Kier molecular flexibility index (Phi) is 7.45. The van der Waals surface area contributed by atoms with Crippen molar-refractivity contribution < 1.29 is 9.13 Å². The van der Waals surface area contributed by atoms with Crippen LogP contribution in [0.25, 0.3) is 11.1 Å². The molecule has 0 atom stereocenters. The maximum Gasteiger partial charge on any atom is 0.178 e. The van der Waals surface area contributed by atoms with E-state index in [2.05, 4.69) is 120 Å². The molecule has 2 nitrogen and oxygen atoms in total. The van der Waals surface area contributed by atoms with Crippen molar-refractivity contribution >= 4 is 0 Å². The number of pyridine rings is 2. The van der Waals surface area contributed by atoms with Gasteiger partial charge in [0.1, 0.15) is 13.1 Å². The third-order valence-corrected chi connectivity index (χ3v) is 6.31. The number of benzene rings is 2. The Bertz CT molecular complexity index is 1040. The molecule has 2 aromatic heterocycles. The summed E-state index contributed by atoms with van der Waals surface area (Å²) in [6.07, 6.45) is 8.88. The molecule has 2 heterocycles. The molecule has 0 radical (unpaired) electrons. The molecule has 0 saturated carbocycles.